The molecule has 2 N–H and O–H groups in total. The number of hydrogen-bond acceptors (Lipinski definition) is 4. The van der Waals surface area contributed by atoms with Crippen molar-refractivity contribution in [3.05, 3.63) is 58.2 Å². The Labute approximate surface area is 169 Å². The van der Waals surface area contributed by atoms with Crippen LogP contribution in [0.4, 0.5) is 0 Å². The van der Waals surface area contributed by atoms with Crippen LogP contribution in [0.3, 0.4) is 0 Å². The van der Waals surface area contributed by atoms with Gasteiger partial charge in [0.15, 0.2) is 0 Å². The van der Waals surface area contributed by atoms with Crippen molar-refractivity contribution >= 4 is 13.2 Å². The van der Waals surface area contributed by atoms with E-state index in [1.165, 1.54) is 5.57 Å². The fraction of sp³-hybridized carbons (Fsp3) is 0.478. The molecule has 0 aliphatic carbocycles. The number of phenols is 1. The summed E-state index contributed by atoms with van der Waals surface area (Å²) in [7, 11) is 0.897. The number of hydrogen-bond donors (Lipinski definition) is 2. The lowest BCUT2D eigenvalue weighted by atomic mass is 9.78. The minimum absolute atomic E-state index is 0.171. The van der Waals surface area contributed by atoms with Crippen LogP contribution >= 0.6 is 0 Å². The van der Waals surface area contributed by atoms with Gasteiger partial charge in [0, 0.05) is 13.4 Å². The van der Waals surface area contributed by atoms with Gasteiger partial charge in [-0.2, -0.15) is 0 Å². The molecule has 1 unspecified atom stereocenters. The lowest BCUT2D eigenvalue weighted by Crippen LogP contribution is -2.32. The second kappa shape index (κ2) is 10.7. The number of aromatic hydroxyl groups is 1. The Morgan fingerprint density at radius 1 is 1.32 bits per heavy atom. The van der Waals surface area contributed by atoms with Gasteiger partial charge in [0.25, 0.3) is 0 Å². The maximum absolute atomic E-state index is 10.0. The number of ether oxygens (including phenoxy) is 1. The molecule has 1 aliphatic heterocycles. The molecule has 0 saturated carbocycles. The van der Waals surface area contributed by atoms with Crippen molar-refractivity contribution in [3.63, 3.8) is 0 Å². The maximum Gasteiger partial charge on any atom is 0.458 e. The first-order chi connectivity index (χ1) is 13.3. The largest absolute Gasteiger partial charge is 0.507 e. The average Bonchev–Trinajstić information content (AvgIpc) is 2.64. The highest BCUT2D eigenvalue weighted by Gasteiger charge is 2.28. The third-order valence-corrected chi connectivity index (χ3v) is 5.12. The summed E-state index contributed by atoms with van der Waals surface area (Å²) in [6.07, 6.45) is 8.29. The van der Waals surface area contributed by atoms with Gasteiger partial charge in [0.2, 0.25) is 0 Å². The predicted octanol–water partition coefficient (Wildman–Crippen LogP) is 4.98. The minimum atomic E-state index is -0.759. The summed E-state index contributed by atoms with van der Waals surface area (Å²) in [5, 5.41) is 19.9. The molecule has 0 saturated heterocycles. The van der Waals surface area contributed by atoms with Crippen molar-refractivity contribution in [1.29, 1.82) is 0 Å². The lowest BCUT2D eigenvalue weighted by Gasteiger charge is -2.28. The van der Waals surface area contributed by atoms with Crippen molar-refractivity contribution in [1.82, 2.24) is 0 Å². The second-order valence-corrected chi connectivity index (χ2v) is 7.61. The van der Waals surface area contributed by atoms with Crippen LogP contribution in [0, 0.1) is 13.8 Å². The number of benzene rings is 1. The third kappa shape index (κ3) is 6.09. The van der Waals surface area contributed by atoms with Crippen LogP contribution in [0.15, 0.2) is 41.5 Å². The molecule has 0 radical (unpaired) electrons. The summed E-state index contributed by atoms with van der Waals surface area (Å²) in [5.41, 5.74) is 6.18. The molecular formula is C23H33BO4. The molecule has 1 aromatic carbocycles. The highest BCUT2D eigenvalue weighted by molar-refractivity contribution is 6.43. The molecule has 0 amide bonds. The fourth-order valence-corrected chi connectivity index (χ4v) is 3.75. The van der Waals surface area contributed by atoms with E-state index in [4.69, 9.17) is 9.39 Å². The van der Waals surface area contributed by atoms with Crippen molar-refractivity contribution in [2.75, 3.05) is 13.7 Å². The molecule has 1 aromatic rings. The molecule has 1 aliphatic rings. The monoisotopic (exact) mass is 384 g/mol. The molecule has 0 spiro atoms. The molecule has 0 aromatic heterocycles. The summed E-state index contributed by atoms with van der Waals surface area (Å²) in [5.74, 6) is 0.366. The van der Waals surface area contributed by atoms with Gasteiger partial charge in [-0.3, -0.25) is 0 Å². The zero-order valence-corrected chi connectivity index (χ0v) is 17.6. The number of allylic oxidation sites excluding steroid dienone is 2. The van der Waals surface area contributed by atoms with Gasteiger partial charge in [0.05, 0.1) is 12.7 Å². The van der Waals surface area contributed by atoms with Gasteiger partial charge < -0.3 is 19.5 Å². The van der Waals surface area contributed by atoms with Gasteiger partial charge in [-0.15, -0.1) is 0 Å². The summed E-state index contributed by atoms with van der Waals surface area (Å²) in [6.45, 7) is 10.6. The highest BCUT2D eigenvalue weighted by Crippen LogP contribution is 2.30. The Morgan fingerprint density at radius 2 is 2.00 bits per heavy atom. The molecular weight excluding hydrogens is 351 g/mol. The SMILES string of the molecule is C=C(COC)C1=CCB(O)OC1CC/C(=C/c1cc(C)c(O)c(C)c1)CCC. The molecule has 0 fully saturated rings. The summed E-state index contributed by atoms with van der Waals surface area (Å²) in [6, 6.07) is 4.04. The minimum Gasteiger partial charge on any atom is -0.507 e. The summed E-state index contributed by atoms with van der Waals surface area (Å²) in [4.78, 5) is 0. The van der Waals surface area contributed by atoms with E-state index in [9.17, 15) is 10.1 Å². The van der Waals surface area contributed by atoms with Crippen molar-refractivity contribution in [3.8, 4) is 5.75 Å². The highest BCUT2D eigenvalue weighted by atomic mass is 16.5. The van der Waals surface area contributed by atoms with E-state index in [0.29, 0.717) is 18.7 Å². The number of phenolic OH excluding ortho intramolecular Hbond substituents is 1. The maximum atomic E-state index is 10.0. The first-order valence-corrected chi connectivity index (χ1v) is 10.1. The molecule has 1 atom stereocenters. The average molecular weight is 384 g/mol. The molecule has 1 heterocycles. The first-order valence-electron chi connectivity index (χ1n) is 10.1. The quantitative estimate of drug-likeness (QED) is 0.590. The predicted molar refractivity (Wildman–Crippen MR) is 116 cm³/mol. The van der Waals surface area contributed by atoms with Crippen LogP contribution in [-0.4, -0.2) is 37.1 Å². The third-order valence-electron chi connectivity index (χ3n) is 5.12. The van der Waals surface area contributed by atoms with Gasteiger partial charge in [-0.1, -0.05) is 37.6 Å². The first kappa shape index (κ1) is 22.5. The molecule has 2 rings (SSSR count). The molecule has 28 heavy (non-hydrogen) atoms. The fourth-order valence-electron chi connectivity index (χ4n) is 3.75. The van der Waals surface area contributed by atoms with E-state index in [1.54, 1.807) is 7.11 Å². The van der Waals surface area contributed by atoms with Crippen LogP contribution < -0.4 is 0 Å². The summed E-state index contributed by atoms with van der Waals surface area (Å²) >= 11 is 0. The van der Waals surface area contributed by atoms with Crippen molar-refractivity contribution in [2.45, 2.75) is 58.9 Å². The molecule has 5 heteroatoms. The number of rotatable bonds is 9. The smallest absolute Gasteiger partial charge is 0.458 e. The van der Waals surface area contributed by atoms with Crippen molar-refractivity contribution < 1.29 is 19.5 Å². The van der Waals surface area contributed by atoms with Crippen LogP contribution in [-0.2, 0) is 9.39 Å². The van der Waals surface area contributed by atoms with Crippen LogP contribution in [0.25, 0.3) is 6.08 Å². The zero-order valence-electron chi connectivity index (χ0n) is 17.6. The Bertz CT molecular complexity index is 728. The number of aryl methyl sites for hydroxylation is 2. The topological polar surface area (TPSA) is 58.9 Å². The lowest BCUT2D eigenvalue weighted by molar-refractivity contribution is 0.176. The Hall–Kier alpha value is -1.82. The standard InChI is InChI=1S/C23H33BO4/c1-6-7-19(14-20-12-16(2)23(25)17(3)13-20)8-9-22-21(18(4)15-27-5)10-11-24(26)28-22/h10,12-14,22,25-26H,4,6-9,11,15H2,1-3,5H3/b19-14+. The summed E-state index contributed by atoms with van der Waals surface area (Å²) < 4.78 is 11.0. The molecule has 4 nitrogen and oxygen atoms in total. The van der Waals surface area contributed by atoms with E-state index >= 15 is 0 Å². The van der Waals surface area contributed by atoms with E-state index in [0.717, 1.165) is 53.5 Å². The van der Waals surface area contributed by atoms with E-state index in [1.807, 2.05) is 32.1 Å². The van der Waals surface area contributed by atoms with Gasteiger partial charge in [-0.25, -0.2) is 0 Å². The second-order valence-electron chi connectivity index (χ2n) is 7.61. The van der Waals surface area contributed by atoms with Crippen LogP contribution in [0.1, 0.15) is 49.3 Å². The molecule has 152 valence electrons. The Kier molecular flexibility index (Phi) is 8.55. The van der Waals surface area contributed by atoms with E-state index in [-0.39, 0.29) is 6.10 Å². The normalized spacial score (nSPS) is 17.6. The van der Waals surface area contributed by atoms with Crippen LogP contribution in [0.2, 0.25) is 6.32 Å². The van der Waals surface area contributed by atoms with Crippen LogP contribution in [0.5, 0.6) is 5.75 Å². The van der Waals surface area contributed by atoms with Gasteiger partial charge >= 0.3 is 7.12 Å². The van der Waals surface area contributed by atoms with Gasteiger partial charge in [-0.05, 0) is 73.1 Å². The Balaban J connectivity index is 2.16. The molecule has 0 bridgehead atoms. The van der Waals surface area contributed by atoms with Crippen molar-refractivity contribution in [2.24, 2.45) is 0 Å². The van der Waals surface area contributed by atoms with E-state index < -0.39 is 7.12 Å². The Morgan fingerprint density at radius 3 is 2.61 bits per heavy atom. The zero-order chi connectivity index (χ0) is 20.7. The van der Waals surface area contributed by atoms with E-state index in [2.05, 4.69) is 19.6 Å². The van der Waals surface area contributed by atoms with Gasteiger partial charge in [0.1, 0.15) is 5.75 Å². The number of methoxy groups -OCH3 is 1.